The van der Waals surface area contributed by atoms with E-state index < -0.39 is 6.43 Å². The van der Waals surface area contributed by atoms with Crippen molar-refractivity contribution in [1.82, 2.24) is 20.2 Å². The first-order chi connectivity index (χ1) is 14.1. The van der Waals surface area contributed by atoms with Gasteiger partial charge < -0.3 is 15.2 Å². The van der Waals surface area contributed by atoms with Gasteiger partial charge in [0.1, 0.15) is 12.3 Å². The second kappa shape index (κ2) is 8.33. The van der Waals surface area contributed by atoms with Crippen LogP contribution in [-0.2, 0) is 0 Å². The normalized spacial score (nSPS) is 22.2. The SMILES string of the molecule is [C-]#[N+]CN1CN(C2CCC(CNCC(F)F)CC2)c2c(cnc3[nH]ccc23)C1=O. The summed E-state index contributed by atoms with van der Waals surface area (Å²) >= 11 is 0. The van der Waals surface area contributed by atoms with Gasteiger partial charge >= 0.3 is 0 Å². The number of pyridine rings is 1. The quantitative estimate of drug-likeness (QED) is 0.729. The zero-order valence-corrected chi connectivity index (χ0v) is 16.1. The van der Waals surface area contributed by atoms with Crippen LogP contribution >= 0.6 is 0 Å². The largest absolute Gasteiger partial charge is 0.349 e. The van der Waals surface area contributed by atoms with Gasteiger partial charge in [-0.3, -0.25) is 14.5 Å². The lowest BCUT2D eigenvalue weighted by Gasteiger charge is -2.43. The number of aromatic amines is 1. The van der Waals surface area contributed by atoms with Crippen molar-refractivity contribution >= 4 is 22.6 Å². The van der Waals surface area contributed by atoms with Crippen LogP contribution in [-0.4, -0.2) is 59.7 Å². The summed E-state index contributed by atoms with van der Waals surface area (Å²) in [5.41, 5.74) is 2.17. The lowest BCUT2D eigenvalue weighted by molar-refractivity contribution is 0.0750. The maximum absolute atomic E-state index is 12.9. The molecule has 1 aliphatic carbocycles. The Morgan fingerprint density at radius 3 is 2.86 bits per heavy atom. The van der Waals surface area contributed by atoms with E-state index in [9.17, 15) is 13.6 Å². The molecule has 2 N–H and O–H groups in total. The fourth-order valence-electron chi connectivity index (χ4n) is 4.50. The van der Waals surface area contributed by atoms with Gasteiger partial charge in [-0.1, -0.05) is 0 Å². The first-order valence-corrected chi connectivity index (χ1v) is 9.92. The van der Waals surface area contributed by atoms with E-state index in [0.29, 0.717) is 24.7 Å². The minimum Gasteiger partial charge on any atom is -0.349 e. The first-order valence-electron chi connectivity index (χ1n) is 9.92. The van der Waals surface area contributed by atoms with Gasteiger partial charge in [-0.15, -0.1) is 0 Å². The standard InChI is InChI=1S/C20H24F2N6O/c1-23-11-27-12-28(14-4-2-13(3-5-14)8-24-10-17(21)22)18-15-6-7-25-19(15)26-9-16(18)20(27)29/h6-7,9,13-14,17,24H,2-5,8,10-12H2,(H,25,26). The van der Waals surface area contributed by atoms with E-state index in [0.717, 1.165) is 42.4 Å². The average molecular weight is 402 g/mol. The second-order valence-electron chi connectivity index (χ2n) is 7.74. The molecule has 4 rings (SSSR count). The fraction of sp³-hybridized carbons (Fsp3) is 0.550. The molecule has 2 aromatic rings. The van der Waals surface area contributed by atoms with Crippen molar-refractivity contribution in [3.8, 4) is 0 Å². The van der Waals surface area contributed by atoms with Crippen LogP contribution in [0.15, 0.2) is 18.5 Å². The second-order valence-corrected chi connectivity index (χ2v) is 7.74. The van der Waals surface area contributed by atoms with Crippen LogP contribution in [0.4, 0.5) is 14.5 Å². The Kier molecular flexibility index (Phi) is 5.62. The molecule has 154 valence electrons. The Balaban J connectivity index is 1.54. The predicted molar refractivity (Wildman–Crippen MR) is 106 cm³/mol. The van der Waals surface area contributed by atoms with E-state index in [1.54, 1.807) is 11.1 Å². The highest BCUT2D eigenvalue weighted by Crippen LogP contribution is 2.38. The Labute approximate surface area is 167 Å². The van der Waals surface area contributed by atoms with Crippen LogP contribution in [0.3, 0.4) is 0 Å². The van der Waals surface area contributed by atoms with Crippen molar-refractivity contribution in [2.24, 2.45) is 5.92 Å². The number of rotatable bonds is 6. The van der Waals surface area contributed by atoms with Crippen molar-refractivity contribution in [3.05, 3.63) is 35.4 Å². The molecular formula is C20H24F2N6O. The van der Waals surface area contributed by atoms with Crippen LogP contribution in [0.5, 0.6) is 0 Å². The number of H-pyrrole nitrogens is 1. The number of fused-ring (bicyclic) bond motifs is 3. The minimum absolute atomic E-state index is 0.0207. The predicted octanol–water partition coefficient (Wildman–Crippen LogP) is 3.07. The zero-order valence-electron chi connectivity index (χ0n) is 16.1. The molecule has 0 spiro atoms. The summed E-state index contributed by atoms with van der Waals surface area (Å²) in [7, 11) is 0. The summed E-state index contributed by atoms with van der Waals surface area (Å²) in [4.78, 5) is 27.5. The minimum atomic E-state index is -2.32. The van der Waals surface area contributed by atoms with Crippen LogP contribution in [0.25, 0.3) is 15.9 Å². The molecule has 0 bridgehead atoms. The number of hydrogen-bond donors (Lipinski definition) is 2. The molecule has 0 aromatic carbocycles. The molecule has 1 amide bonds. The number of alkyl halides is 2. The van der Waals surface area contributed by atoms with Crippen molar-refractivity contribution in [2.75, 3.05) is 31.3 Å². The van der Waals surface area contributed by atoms with Crippen molar-refractivity contribution in [3.63, 3.8) is 0 Å². The van der Waals surface area contributed by atoms with E-state index in [4.69, 9.17) is 6.57 Å². The Bertz CT molecular complexity index is 915. The zero-order chi connectivity index (χ0) is 20.4. The highest BCUT2D eigenvalue weighted by atomic mass is 19.3. The van der Waals surface area contributed by atoms with E-state index in [1.807, 2.05) is 12.3 Å². The summed E-state index contributed by atoms with van der Waals surface area (Å²) in [6, 6.07) is 2.17. The molecule has 2 aliphatic rings. The van der Waals surface area contributed by atoms with E-state index in [-0.39, 0.29) is 25.2 Å². The van der Waals surface area contributed by atoms with Crippen LogP contribution in [0.1, 0.15) is 36.0 Å². The third kappa shape index (κ3) is 3.90. The van der Waals surface area contributed by atoms with Gasteiger partial charge in [-0.2, -0.15) is 0 Å². The molecular weight excluding hydrogens is 378 g/mol. The van der Waals surface area contributed by atoms with Crippen molar-refractivity contribution in [1.29, 1.82) is 0 Å². The molecule has 1 saturated carbocycles. The third-order valence-electron chi connectivity index (χ3n) is 5.92. The van der Waals surface area contributed by atoms with Crippen molar-refractivity contribution in [2.45, 2.75) is 38.2 Å². The average Bonchev–Trinajstić information content (AvgIpc) is 3.19. The smallest absolute Gasteiger partial charge is 0.293 e. The number of nitrogens with one attached hydrogen (secondary N) is 2. The van der Waals surface area contributed by atoms with Gasteiger partial charge in [0.25, 0.3) is 19.0 Å². The number of amides is 1. The summed E-state index contributed by atoms with van der Waals surface area (Å²) in [6.07, 6.45) is 4.84. The van der Waals surface area contributed by atoms with Crippen LogP contribution in [0, 0.1) is 12.5 Å². The number of anilines is 1. The highest BCUT2D eigenvalue weighted by Gasteiger charge is 2.37. The molecule has 0 atom stereocenters. The molecule has 0 radical (unpaired) electrons. The summed E-state index contributed by atoms with van der Waals surface area (Å²) in [5, 5.41) is 3.77. The van der Waals surface area contributed by atoms with Gasteiger partial charge in [0, 0.05) is 23.8 Å². The highest BCUT2D eigenvalue weighted by molar-refractivity contribution is 6.08. The molecule has 1 aliphatic heterocycles. The third-order valence-corrected chi connectivity index (χ3v) is 5.92. The number of nitrogens with zero attached hydrogens (tertiary/aromatic N) is 4. The lowest BCUT2D eigenvalue weighted by atomic mass is 9.84. The molecule has 2 aromatic heterocycles. The molecule has 7 nitrogen and oxygen atoms in total. The summed E-state index contributed by atoms with van der Waals surface area (Å²) < 4.78 is 24.7. The fourth-order valence-corrected chi connectivity index (χ4v) is 4.50. The van der Waals surface area contributed by atoms with Gasteiger partial charge in [-0.05, 0) is 44.2 Å². The topological polar surface area (TPSA) is 68.6 Å². The number of halogens is 2. The van der Waals surface area contributed by atoms with E-state index in [1.165, 1.54) is 0 Å². The Morgan fingerprint density at radius 1 is 1.34 bits per heavy atom. The molecule has 0 unspecified atom stereocenters. The van der Waals surface area contributed by atoms with Gasteiger partial charge in [0.2, 0.25) is 0 Å². The van der Waals surface area contributed by atoms with Gasteiger partial charge in [0.05, 0.1) is 17.8 Å². The Hall–Kier alpha value is -2.73. The number of hydrogen-bond acceptors (Lipinski definition) is 4. The van der Waals surface area contributed by atoms with E-state index >= 15 is 0 Å². The summed E-state index contributed by atoms with van der Waals surface area (Å²) in [6.45, 7) is 7.94. The maximum atomic E-state index is 12.9. The molecule has 29 heavy (non-hydrogen) atoms. The first kappa shape index (κ1) is 19.6. The number of carbonyl (C=O) groups is 1. The molecule has 3 heterocycles. The van der Waals surface area contributed by atoms with Gasteiger partial charge in [-0.25, -0.2) is 20.3 Å². The molecule has 9 heteroatoms. The summed E-state index contributed by atoms with van der Waals surface area (Å²) in [5.74, 6) is 0.229. The Morgan fingerprint density at radius 2 is 2.14 bits per heavy atom. The van der Waals surface area contributed by atoms with Crippen molar-refractivity contribution < 1.29 is 13.6 Å². The number of carbonyl (C=O) groups excluding carboxylic acids is 1. The van der Waals surface area contributed by atoms with E-state index in [2.05, 4.69) is 25.0 Å². The van der Waals surface area contributed by atoms with Gasteiger partial charge in [0.15, 0.2) is 0 Å². The van der Waals surface area contributed by atoms with Crippen LogP contribution in [0.2, 0.25) is 0 Å². The van der Waals surface area contributed by atoms with Crippen LogP contribution < -0.4 is 10.2 Å². The molecule has 0 saturated heterocycles. The number of aromatic nitrogens is 2. The molecule has 1 fully saturated rings. The maximum Gasteiger partial charge on any atom is 0.293 e. The lowest BCUT2D eigenvalue weighted by Crippen LogP contribution is -2.51. The monoisotopic (exact) mass is 402 g/mol.